The van der Waals surface area contributed by atoms with Crippen LogP contribution >= 0.6 is 0 Å². The Morgan fingerprint density at radius 2 is 2.03 bits per heavy atom. The number of aromatic nitrogens is 4. The maximum Gasteiger partial charge on any atom is 0.329 e. The van der Waals surface area contributed by atoms with Crippen LogP contribution in [0.5, 0.6) is 11.6 Å². The summed E-state index contributed by atoms with van der Waals surface area (Å²) in [4.78, 5) is 46.8. The number of nitriles is 1. The number of anilines is 1. The molecule has 0 bridgehead atoms. The summed E-state index contributed by atoms with van der Waals surface area (Å²) in [5, 5.41) is 12.0. The van der Waals surface area contributed by atoms with Crippen LogP contribution in [-0.4, -0.2) is 25.4 Å². The predicted molar refractivity (Wildman–Crippen MR) is 116 cm³/mol. The zero-order valence-corrected chi connectivity index (χ0v) is 17.0. The maximum absolute atomic E-state index is 12.7. The molecule has 0 saturated heterocycles. The molecule has 32 heavy (non-hydrogen) atoms. The highest BCUT2D eigenvalue weighted by Gasteiger charge is 2.14. The number of fused-ring (bicyclic) bond motifs is 1. The summed E-state index contributed by atoms with van der Waals surface area (Å²) in [6.07, 6.45) is 2.83. The van der Waals surface area contributed by atoms with Gasteiger partial charge in [-0.2, -0.15) is 5.26 Å². The van der Waals surface area contributed by atoms with Crippen LogP contribution in [0, 0.1) is 18.3 Å². The van der Waals surface area contributed by atoms with E-state index in [-0.39, 0.29) is 22.5 Å². The van der Waals surface area contributed by atoms with Crippen LogP contribution in [0.1, 0.15) is 21.5 Å². The fraction of sp³-hybridized carbons (Fsp3) is 0.0909. The van der Waals surface area contributed by atoms with Crippen molar-refractivity contribution in [3.8, 4) is 17.7 Å². The molecule has 0 aliphatic carbocycles. The van der Waals surface area contributed by atoms with Crippen molar-refractivity contribution in [3.63, 3.8) is 0 Å². The first-order chi connectivity index (χ1) is 15.4. The van der Waals surface area contributed by atoms with Crippen molar-refractivity contribution in [2.24, 2.45) is 7.05 Å². The Morgan fingerprint density at radius 3 is 2.78 bits per heavy atom. The number of nitrogens with one attached hydrogen (secondary N) is 2. The van der Waals surface area contributed by atoms with Crippen LogP contribution in [0.15, 0.2) is 58.4 Å². The molecule has 0 saturated carbocycles. The molecule has 1 aromatic carbocycles. The second-order valence-electron chi connectivity index (χ2n) is 6.91. The largest absolute Gasteiger partial charge is 0.438 e. The van der Waals surface area contributed by atoms with E-state index in [1.807, 2.05) is 6.07 Å². The first-order valence-electron chi connectivity index (χ1n) is 9.41. The van der Waals surface area contributed by atoms with Gasteiger partial charge in [0.05, 0.1) is 10.9 Å². The van der Waals surface area contributed by atoms with Gasteiger partial charge in [0, 0.05) is 25.1 Å². The highest BCUT2D eigenvalue weighted by molar-refractivity contribution is 6.05. The third kappa shape index (κ3) is 3.82. The molecule has 158 valence electrons. The molecule has 2 N–H and O–H groups in total. The average Bonchev–Trinajstić information content (AvgIpc) is 2.79. The van der Waals surface area contributed by atoms with Gasteiger partial charge in [0.25, 0.3) is 11.5 Å². The Balaban J connectivity index is 1.58. The number of aryl methyl sites for hydroxylation is 2. The van der Waals surface area contributed by atoms with Crippen molar-refractivity contribution in [2.75, 3.05) is 5.32 Å². The van der Waals surface area contributed by atoms with E-state index in [1.165, 1.54) is 30.1 Å². The third-order valence-corrected chi connectivity index (χ3v) is 4.77. The molecule has 0 aliphatic heterocycles. The van der Waals surface area contributed by atoms with Crippen LogP contribution in [0.25, 0.3) is 11.0 Å². The number of ether oxygens (including phenoxy) is 1. The number of rotatable bonds is 4. The summed E-state index contributed by atoms with van der Waals surface area (Å²) < 4.78 is 6.88. The van der Waals surface area contributed by atoms with Crippen molar-refractivity contribution in [3.05, 3.63) is 86.3 Å². The monoisotopic (exact) mass is 428 g/mol. The van der Waals surface area contributed by atoms with Crippen molar-refractivity contribution in [1.29, 1.82) is 5.26 Å². The molecule has 4 rings (SSSR count). The van der Waals surface area contributed by atoms with Gasteiger partial charge in [-0.3, -0.25) is 19.1 Å². The highest BCUT2D eigenvalue weighted by atomic mass is 16.5. The molecule has 3 heterocycles. The minimum absolute atomic E-state index is 0.129. The molecule has 0 atom stereocenters. The summed E-state index contributed by atoms with van der Waals surface area (Å²) in [7, 11) is 1.48. The SMILES string of the molecule is Cc1cc(Oc2ncccc2C#N)ccc1NC(=O)c1cnc2c(c1)c(=O)[nH]c(=O)n2C. The summed E-state index contributed by atoms with van der Waals surface area (Å²) in [5.74, 6) is 0.171. The zero-order chi connectivity index (χ0) is 22.8. The Kier molecular flexibility index (Phi) is 5.22. The number of hydrogen-bond donors (Lipinski definition) is 2. The van der Waals surface area contributed by atoms with E-state index in [0.29, 0.717) is 22.6 Å². The van der Waals surface area contributed by atoms with E-state index in [1.54, 1.807) is 37.3 Å². The summed E-state index contributed by atoms with van der Waals surface area (Å²) in [5.41, 5.74) is 0.677. The molecule has 0 spiro atoms. The van der Waals surface area contributed by atoms with Crippen LogP contribution < -0.4 is 21.3 Å². The molecular formula is C22H16N6O4. The number of H-pyrrole nitrogens is 1. The zero-order valence-electron chi connectivity index (χ0n) is 17.0. The van der Waals surface area contributed by atoms with Crippen molar-refractivity contribution >= 4 is 22.6 Å². The van der Waals surface area contributed by atoms with Gasteiger partial charge >= 0.3 is 5.69 Å². The predicted octanol–water partition coefficient (Wildman–Crippen LogP) is 2.24. The summed E-state index contributed by atoms with van der Waals surface area (Å²) in [6.45, 7) is 1.78. The van der Waals surface area contributed by atoms with E-state index < -0.39 is 17.2 Å². The normalized spacial score (nSPS) is 10.5. The lowest BCUT2D eigenvalue weighted by Gasteiger charge is -2.12. The van der Waals surface area contributed by atoms with Crippen LogP contribution in [0.4, 0.5) is 5.69 Å². The molecule has 0 radical (unpaired) electrons. The maximum atomic E-state index is 12.7. The fourth-order valence-electron chi connectivity index (χ4n) is 3.06. The van der Waals surface area contributed by atoms with E-state index >= 15 is 0 Å². The minimum Gasteiger partial charge on any atom is -0.438 e. The Morgan fingerprint density at radius 1 is 1.22 bits per heavy atom. The first-order valence-corrected chi connectivity index (χ1v) is 9.41. The van der Waals surface area contributed by atoms with Crippen LogP contribution in [-0.2, 0) is 7.05 Å². The molecule has 3 aromatic heterocycles. The van der Waals surface area contributed by atoms with Gasteiger partial charge < -0.3 is 10.1 Å². The van der Waals surface area contributed by atoms with E-state index in [9.17, 15) is 14.4 Å². The number of hydrogen-bond acceptors (Lipinski definition) is 7. The van der Waals surface area contributed by atoms with Gasteiger partial charge in [-0.15, -0.1) is 0 Å². The molecule has 0 aliphatic rings. The first kappa shape index (κ1) is 20.5. The van der Waals surface area contributed by atoms with Gasteiger partial charge in [-0.25, -0.2) is 14.8 Å². The molecule has 10 nitrogen and oxygen atoms in total. The molecule has 4 aromatic rings. The fourth-order valence-corrected chi connectivity index (χ4v) is 3.06. The second kappa shape index (κ2) is 8.16. The lowest BCUT2D eigenvalue weighted by molar-refractivity contribution is 0.102. The molecule has 10 heteroatoms. The van der Waals surface area contributed by atoms with Crippen molar-refractivity contribution < 1.29 is 9.53 Å². The number of carbonyl (C=O) groups is 1. The molecule has 1 amide bonds. The van der Waals surface area contributed by atoms with Gasteiger partial charge in [0.1, 0.15) is 23.0 Å². The number of benzene rings is 1. The van der Waals surface area contributed by atoms with E-state index in [2.05, 4.69) is 20.3 Å². The number of carbonyl (C=O) groups excluding carboxylic acids is 1. The topological polar surface area (TPSA) is 143 Å². The lowest BCUT2D eigenvalue weighted by Crippen LogP contribution is -2.29. The van der Waals surface area contributed by atoms with Gasteiger partial charge in [-0.1, -0.05) is 0 Å². The van der Waals surface area contributed by atoms with Crippen LogP contribution in [0.2, 0.25) is 0 Å². The average molecular weight is 428 g/mol. The standard InChI is InChI=1S/C22H16N6O4/c1-12-8-15(32-21-13(10-23)4-3-7-24-21)5-6-17(12)26-19(29)14-9-16-18(25-11-14)28(2)22(31)27-20(16)30/h3-9,11H,1-2H3,(H,26,29)(H,27,30,31). The molecule has 0 fully saturated rings. The van der Waals surface area contributed by atoms with Crippen molar-refractivity contribution in [2.45, 2.75) is 6.92 Å². The number of pyridine rings is 2. The van der Waals surface area contributed by atoms with Gasteiger partial charge in [0.15, 0.2) is 0 Å². The summed E-state index contributed by atoms with van der Waals surface area (Å²) in [6, 6.07) is 11.6. The second-order valence-corrected chi connectivity index (χ2v) is 6.91. The third-order valence-electron chi connectivity index (χ3n) is 4.77. The van der Waals surface area contributed by atoms with E-state index in [4.69, 9.17) is 10.00 Å². The van der Waals surface area contributed by atoms with E-state index in [0.717, 1.165) is 0 Å². The molecule has 0 unspecified atom stereocenters. The quantitative estimate of drug-likeness (QED) is 0.507. The number of amides is 1. The Hall–Kier alpha value is -4.78. The Bertz CT molecular complexity index is 1530. The minimum atomic E-state index is -0.616. The smallest absolute Gasteiger partial charge is 0.329 e. The number of nitrogens with zero attached hydrogens (tertiary/aromatic N) is 4. The van der Waals surface area contributed by atoms with Gasteiger partial charge in [0.2, 0.25) is 5.88 Å². The summed E-state index contributed by atoms with van der Waals surface area (Å²) >= 11 is 0. The highest BCUT2D eigenvalue weighted by Crippen LogP contribution is 2.27. The lowest BCUT2D eigenvalue weighted by atomic mass is 10.1. The van der Waals surface area contributed by atoms with Gasteiger partial charge in [-0.05, 0) is 48.9 Å². The van der Waals surface area contributed by atoms with Crippen molar-refractivity contribution in [1.82, 2.24) is 19.5 Å². The number of aromatic amines is 1. The van der Waals surface area contributed by atoms with Crippen LogP contribution in [0.3, 0.4) is 0 Å². The Labute approximate surface area is 180 Å². The molecular weight excluding hydrogens is 412 g/mol.